The molecule has 0 radical (unpaired) electrons. The van der Waals surface area contributed by atoms with Gasteiger partial charge < -0.3 is 13.9 Å². The van der Waals surface area contributed by atoms with E-state index in [-0.39, 0.29) is 17.2 Å². The second-order valence-electron chi connectivity index (χ2n) is 9.75. The Labute approximate surface area is 172 Å². The number of esters is 2. The number of hydrogen-bond acceptors (Lipinski definition) is 5. The average Bonchev–Trinajstić information content (AvgIpc) is 2.43. The van der Waals surface area contributed by atoms with Gasteiger partial charge in [-0.1, -0.05) is 32.9 Å². The van der Waals surface area contributed by atoms with Gasteiger partial charge in [-0.2, -0.15) is 0 Å². The highest BCUT2D eigenvalue weighted by molar-refractivity contribution is 6.74. The van der Waals surface area contributed by atoms with Crippen LogP contribution in [0.5, 0.6) is 0 Å². The van der Waals surface area contributed by atoms with Crippen molar-refractivity contribution < 1.29 is 23.5 Å². The predicted molar refractivity (Wildman–Crippen MR) is 117 cm³/mol. The second-order valence-corrected chi connectivity index (χ2v) is 14.5. The summed E-state index contributed by atoms with van der Waals surface area (Å²) in [6, 6.07) is 0. The van der Waals surface area contributed by atoms with E-state index >= 15 is 0 Å². The molecule has 0 spiro atoms. The Morgan fingerprint density at radius 3 is 1.79 bits per heavy atom. The van der Waals surface area contributed by atoms with Crippen molar-refractivity contribution in [1.29, 1.82) is 0 Å². The van der Waals surface area contributed by atoms with Crippen LogP contribution < -0.4 is 0 Å². The number of ether oxygens (including phenoxy) is 2. The maximum Gasteiger partial charge on any atom is 0.330 e. The molecule has 162 valence electrons. The Balaban J connectivity index is 4.31. The minimum atomic E-state index is -1.81. The van der Waals surface area contributed by atoms with Crippen LogP contribution in [-0.2, 0) is 23.5 Å². The molecule has 0 aliphatic carbocycles. The topological polar surface area (TPSA) is 61.8 Å². The van der Waals surface area contributed by atoms with Crippen molar-refractivity contribution in [3.8, 4) is 0 Å². The van der Waals surface area contributed by atoms with Crippen LogP contribution in [0.1, 0.15) is 68.2 Å². The van der Waals surface area contributed by atoms with Crippen molar-refractivity contribution >= 4 is 20.3 Å². The van der Waals surface area contributed by atoms with Gasteiger partial charge in [0.15, 0.2) is 8.32 Å². The summed E-state index contributed by atoms with van der Waals surface area (Å²) in [5, 5.41) is 0.159. The Morgan fingerprint density at radius 2 is 1.32 bits per heavy atom. The van der Waals surface area contributed by atoms with E-state index in [4.69, 9.17) is 13.9 Å². The van der Waals surface area contributed by atoms with Gasteiger partial charge in [-0.05, 0) is 59.2 Å². The summed E-state index contributed by atoms with van der Waals surface area (Å²) in [7, 11) is -1.81. The van der Waals surface area contributed by atoms with Gasteiger partial charge in [-0.3, -0.25) is 0 Å². The van der Waals surface area contributed by atoms with Crippen LogP contribution in [0, 0.1) is 0 Å². The maximum atomic E-state index is 11.9. The van der Waals surface area contributed by atoms with Gasteiger partial charge >= 0.3 is 11.9 Å². The van der Waals surface area contributed by atoms with Crippen LogP contribution in [-0.4, -0.2) is 38.1 Å². The minimum absolute atomic E-state index is 0.0547. The Kier molecular flexibility index (Phi) is 10.4. The zero-order valence-corrected chi connectivity index (χ0v) is 20.4. The van der Waals surface area contributed by atoms with Crippen molar-refractivity contribution in [1.82, 2.24) is 0 Å². The van der Waals surface area contributed by atoms with Gasteiger partial charge in [0.1, 0.15) is 11.7 Å². The Hall–Kier alpha value is -1.40. The lowest BCUT2D eigenvalue weighted by molar-refractivity contribution is -0.148. The fourth-order valence-electron chi connectivity index (χ4n) is 2.06. The summed E-state index contributed by atoms with van der Waals surface area (Å²) in [4.78, 5) is 23.5. The van der Waals surface area contributed by atoms with Gasteiger partial charge in [-0.15, -0.1) is 0 Å². The maximum absolute atomic E-state index is 11.9. The molecule has 0 saturated carbocycles. The average molecular weight is 413 g/mol. The summed E-state index contributed by atoms with van der Waals surface area (Å²) in [6.45, 7) is 20.3. The van der Waals surface area contributed by atoms with E-state index in [1.54, 1.807) is 19.1 Å². The molecule has 6 heteroatoms. The molecule has 0 saturated heterocycles. The highest BCUT2D eigenvalue weighted by atomic mass is 28.4. The van der Waals surface area contributed by atoms with Crippen LogP contribution in [0.2, 0.25) is 18.1 Å². The van der Waals surface area contributed by atoms with Crippen molar-refractivity contribution in [3.63, 3.8) is 0 Å². The summed E-state index contributed by atoms with van der Waals surface area (Å²) in [5.41, 5.74) is -0.518. The summed E-state index contributed by atoms with van der Waals surface area (Å²) in [5.74, 6) is -0.792. The fourth-order valence-corrected chi connectivity index (χ4v) is 3.52. The molecule has 0 bridgehead atoms. The first-order valence-electron chi connectivity index (χ1n) is 9.98. The highest BCUT2D eigenvalue weighted by Crippen LogP contribution is 2.37. The number of hydrogen-bond donors (Lipinski definition) is 0. The molecular formula is C22H40O5Si. The van der Waals surface area contributed by atoms with Gasteiger partial charge in [0, 0.05) is 24.7 Å². The van der Waals surface area contributed by atoms with Crippen LogP contribution in [0.3, 0.4) is 0 Å². The van der Waals surface area contributed by atoms with Crippen molar-refractivity contribution in [2.45, 2.75) is 104 Å². The van der Waals surface area contributed by atoms with Crippen molar-refractivity contribution in [2.75, 3.05) is 0 Å². The number of carbonyl (C=O) groups excluding carboxylic acids is 2. The summed E-state index contributed by atoms with van der Waals surface area (Å²) >= 11 is 0. The summed E-state index contributed by atoms with van der Waals surface area (Å²) < 4.78 is 16.7. The minimum Gasteiger partial charge on any atom is -0.459 e. The smallest absolute Gasteiger partial charge is 0.330 e. The van der Waals surface area contributed by atoms with E-state index in [0.29, 0.717) is 12.8 Å². The first-order valence-corrected chi connectivity index (χ1v) is 12.9. The van der Waals surface area contributed by atoms with E-state index in [0.717, 1.165) is 0 Å². The molecule has 0 aromatic carbocycles. The van der Waals surface area contributed by atoms with Crippen LogP contribution in [0.4, 0.5) is 0 Å². The van der Waals surface area contributed by atoms with Crippen LogP contribution in [0.25, 0.3) is 0 Å². The van der Waals surface area contributed by atoms with E-state index < -0.39 is 25.9 Å². The van der Waals surface area contributed by atoms with Gasteiger partial charge in [0.25, 0.3) is 0 Å². The third-order valence-electron chi connectivity index (χ3n) is 4.47. The first-order chi connectivity index (χ1) is 12.5. The SMILES string of the molecule is C[C@@H](CC=CC(=O)OC(C)(C)C)OC(=O)C=CC[C@H](C)O[Si](C)(C)C(C)(C)C. The van der Waals surface area contributed by atoms with E-state index in [1.165, 1.54) is 12.2 Å². The highest BCUT2D eigenvalue weighted by Gasteiger charge is 2.38. The largest absolute Gasteiger partial charge is 0.459 e. The number of carbonyl (C=O) groups is 2. The second kappa shape index (κ2) is 11.0. The zero-order chi connectivity index (χ0) is 22.2. The van der Waals surface area contributed by atoms with Crippen LogP contribution in [0.15, 0.2) is 24.3 Å². The quantitative estimate of drug-likeness (QED) is 0.282. The molecule has 2 atom stereocenters. The lowest BCUT2D eigenvalue weighted by Crippen LogP contribution is -2.43. The molecule has 0 aromatic rings. The molecule has 0 unspecified atom stereocenters. The number of rotatable bonds is 9. The molecule has 0 heterocycles. The molecule has 5 nitrogen and oxygen atoms in total. The van der Waals surface area contributed by atoms with E-state index in [1.807, 2.05) is 27.7 Å². The molecule has 28 heavy (non-hydrogen) atoms. The van der Waals surface area contributed by atoms with Crippen LogP contribution >= 0.6 is 0 Å². The normalized spacial score (nSPS) is 15.6. The van der Waals surface area contributed by atoms with Crippen molar-refractivity contribution in [3.05, 3.63) is 24.3 Å². The summed E-state index contributed by atoms with van der Waals surface area (Å²) in [6.07, 6.45) is 7.10. The molecule has 0 aliphatic rings. The Bertz CT molecular complexity index is 564. The van der Waals surface area contributed by atoms with Gasteiger partial charge in [0.2, 0.25) is 0 Å². The van der Waals surface area contributed by atoms with Gasteiger partial charge in [0.05, 0.1) is 0 Å². The zero-order valence-electron chi connectivity index (χ0n) is 19.4. The monoisotopic (exact) mass is 412 g/mol. The van der Waals surface area contributed by atoms with E-state index in [9.17, 15) is 9.59 Å². The third kappa shape index (κ3) is 12.1. The van der Waals surface area contributed by atoms with Gasteiger partial charge in [-0.25, -0.2) is 9.59 Å². The molecular weight excluding hydrogens is 372 g/mol. The molecule has 0 fully saturated rings. The lowest BCUT2D eigenvalue weighted by Gasteiger charge is -2.38. The van der Waals surface area contributed by atoms with E-state index in [2.05, 4.69) is 33.9 Å². The molecule has 0 N–H and O–H groups in total. The predicted octanol–water partition coefficient (Wildman–Crippen LogP) is 5.56. The molecule has 0 aromatic heterocycles. The molecule has 0 amide bonds. The third-order valence-corrected chi connectivity index (χ3v) is 9.07. The first kappa shape index (κ1) is 26.6. The molecule has 0 rings (SSSR count). The molecule has 0 aliphatic heterocycles. The fraction of sp³-hybridized carbons (Fsp3) is 0.727. The Morgan fingerprint density at radius 1 is 0.857 bits per heavy atom. The standard InChI is InChI=1S/C22H40O5Si/c1-17(13-11-16-20(24)26-21(3,4)5)25-19(23)15-12-14-18(2)27-28(9,10)22(6,7)8/h11-12,15-18H,13-14H2,1-10H3/t17-,18-/m0/s1. The lowest BCUT2D eigenvalue weighted by atomic mass is 10.2. The van der Waals surface area contributed by atoms with Crippen molar-refractivity contribution in [2.24, 2.45) is 0 Å².